The van der Waals surface area contributed by atoms with Gasteiger partial charge >= 0.3 is 5.97 Å². The molecule has 0 heterocycles. The van der Waals surface area contributed by atoms with Crippen molar-refractivity contribution in [3.63, 3.8) is 0 Å². The van der Waals surface area contributed by atoms with Gasteiger partial charge in [0.05, 0.1) is 18.8 Å². The summed E-state index contributed by atoms with van der Waals surface area (Å²) in [7, 11) is 0. The zero-order valence-electron chi connectivity index (χ0n) is 22.8. The first kappa shape index (κ1) is 29.6. The van der Waals surface area contributed by atoms with E-state index in [0.29, 0.717) is 29.9 Å². The molecule has 0 unspecified atom stereocenters. The summed E-state index contributed by atoms with van der Waals surface area (Å²) in [5.41, 5.74) is 0.920. The maximum absolute atomic E-state index is 15.1. The summed E-state index contributed by atoms with van der Waals surface area (Å²) in [5.74, 6) is -5.81. The second kappa shape index (κ2) is 13.8. The minimum absolute atomic E-state index is 0.00235. The quantitative estimate of drug-likeness (QED) is 0.0742. The van der Waals surface area contributed by atoms with Crippen LogP contribution in [0.5, 0.6) is 17.2 Å². The van der Waals surface area contributed by atoms with Crippen LogP contribution in [-0.2, 0) is 0 Å². The van der Waals surface area contributed by atoms with Crippen LogP contribution in [-0.4, -0.2) is 19.2 Å². The third-order valence-corrected chi connectivity index (χ3v) is 6.42. The summed E-state index contributed by atoms with van der Waals surface area (Å²) in [6, 6.07) is 17.5. The molecule has 0 amide bonds. The molecular formula is C33H30F4O4. The Morgan fingerprint density at radius 2 is 1.07 bits per heavy atom. The number of ether oxygens (including phenoxy) is 3. The molecule has 41 heavy (non-hydrogen) atoms. The normalized spacial score (nSPS) is 10.9. The van der Waals surface area contributed by atoms with E-state index in [-0.39, 0.29) is 29.0 Å². The molecule has 4 aromatic rings. The second-order valence-corrected chi connectivity index (χ2v) is 9.37. The Morgan fingerprint density at radius 1 is 0.585 bits per heavy atom. The fraction of sp³-hybridized carbons (Fsp3) is 0.242. The maximum Gasteiger partial charge on any atom is 0.343 e. The largest absolute Gasteiger partial charge is 0.494 e. The van der Waals surface area contributed by atoms with Gasteiger partial charge in [0.25, 0.3) is 0 Å². The summed E-state index contributed by atoms with van der Waals surface area (Å²) >= 11 is 0. The molecule has 0 saturated carbocycles. The first-order valence-corrected chi connectivity index (χ1v) is 13.5. The molecule has 0 aliphatic rings. The molecule has 8 heteroatoms. The average Bonchev–Trinajstić information content (AvgIpc) is 2.99. The van der Waals surface area contributed by atoms with Gasteiger partial charge in [-0.15, -0.1) is 0 Å². The van der Waals surface area contributed by atoms with Crippen LogP contribution in [0, 0.1) is 23.3 Å². The van der Waals surface area contributed by atoms with E-state index < -0.39 is 35.0 Å². The van der Waals surface area contributed by atoms with E-state index in [9.17, 15) is 13.6 Å². The van der Waals surface area contributed by atoms with Crippen molar-refractivity contribution >= 4 is 5.97 Å². The molecule has 0 aliphatic carbocycles. The fourth-order valence-corrected chi connectivity index (χ4v) is 4.04. The molecule has 0 saturated heterocycles. The number of carbonyl (C=O) groups excluding carboxylic acids is 1. The van der Waals surface area contributed by atoms with Crippen molar-refractivity contribution in [3.05, 3.63) is 102 Å². The molecule has 0 fully saturated rings. The Kier molecular flexibility index (Phi) is 10.0. The molecule has 214 valence electrons. The summed E-state index contributed by atoms with van der Waals surface area (Å²) in [4.78, 5) is 12.6. The fourth-order valence-electron chi connectivity index (χ4n) is 4.04. The second-order valence-electron chi connectivity index (χ2n) is 9.37. The van der Waals surface area contributed by atoms with E-state index in [1.165, 1.54) is 42.5 Å². The van der Waals surface area contributed by atoms with E-state index in [0.717, 1.165) is 25.3 Å². The predicted molar refractivity (Wildman–Crippen MR) is 149 cm³/mol. The van der Waals surface area contributed by atoms with Crippen molar-refractivity contribution in [3.8, 4) is 39.5 Å². The van der Waals surface area contributed by atoms with Crippen molar-refractivity contribution in [2.75, 3.05) is 13.2 Å². The Balaban J connectivity index is 1.46. The monoisotopic (exact) mass is 566 g/mol. The number of carbonyl (C=O) groups is 1. The van der Waals surface area contributed by atoms with Crippen molar-refractivity contribution in [1.29, 1.82) is 0 Å². The summed E-state index contributed by atoms with van der Waals surface area (Å²) in [6.07, 6.45) is 3.44. The van der Waals surface area contributed by atoms with Crippen LogP contribution in [0.3, 0.4) is 0 Å². The van der Waals surface area contributed by atoms with Crippen LogP contribution in [0.2, 0.25) is 0 Å². The predicted octanol–water partition coefficient (Wildman–Crippen LogP) is 9.15. The van der Waals surface area contributed by atoms with Gasteiger partial charge in [0.2, 0.25) is 11.6 Å². The molecular weight excluding hydrogens is 536 g/mol. The van der Waals surface area contributed by atoms with Crippen molar-refractivity contribution in [2.24, 2.45) is 0 Å². The highest BCUT2D eigenvalue weighted by atomic mass is 19.2. The molecule has 4 nitrogen and oxygen atoms in total. The lowest BCUT2D eigenvalue weighted by Gasteiger charge is -2.12. The number of rotatable bonds is 12. The molecule has 0 atom stereocenters. The van der Waals surface area contributed by atoms with E-state index in [1.54, 1.807) is 24.3 Å². The lowest BCUT2D eigenvalue weighted by Crippen LogP contribution is -2.10. The number of esters is 1. The summed E-state index contributed by atoms with van der Waals surface area (Å²) < 4.78 is 74.8. The Bertz CT molecular complexity index is 1490. The molecule has 0 spiro atoms. The maximum atomic E-state index is 15.1. The lowest BCUT2D eigenvalue weighted by molar-refractivity contribution is 0.0726. The first-order chi connectivity index (χ1) is 19.8. The van der Waals surface area contributed by atoms with Crippen LogP contribution in [0.1, 0.15) is 49.9 Å². The third-order valence-electron chi connectivity index (χ3n) is 6.42. The molecule has 0 radical (unpaired) electrons. The van der Waals surface area contributed by atoms with Crippen molar-refractivity contribution in [2.45, 2.75) is 39.5 Å². The highest BCUT2D eigenvalue weighted by molar-refractivity contribution is 5.91. The Morgan fingerprint density at radius 3 is 1.63 bits per heavy atom. The van der Waals surface area contributed by atoms with Gasteiger partial charge in [-0.3, -0.25) is 0 Å². The van der Waals surface area contributed by atoms with E-state index >= 15 is 8.78 Å². The van der Waals surface area contributed by atoms with Gasteiger partial charge in [0, 0.05) is 11.1 Å². The first-order valence-electron chi connectivity index (χ1n) is 13.5. The summed E-state index contributed by atoms with van der Waals surface area (Å²) in [5, 5.41) is 0. The molecule has 0 bridgehead atoms. The molecule has 4 rings (SSSR count). The molecule has 0 aliphatic heterocycles. The zero-order valence-corrected chi connectivity index (χ0v) is 22.8. The van der Waals surface area contributed by atoms with Gasteiger partial charge in [0.15, 0.2) is 23.1 Å². The minimum atomic E-state index is -1.35. The molecule has 0 aromatic heterocycles. The van der Waals surface area contributed by atoms with Gasteiger partial charge in [-0.05, 0) is 60.4 Å². The Labute approximate surface area is 236 Å². The average molecular weight is 567 g/mol. The van der Waals surface area contributed by atoms with Crippen molar-refractivity contribution < 1.29 is 36.6 Å². The molecule has 4 aromatic carbocycles. The van der Waals surface area contributed by atoms with E-state index in [2.05, 4.69) is 6.92 Å². The number of benzene rings is 4. The van der Waals surface area contributed by atoms with Gasteiger partial charge in [0.1, 0.15) is 5.75 Å². The van der Waals surface area contributed by atoms with Gasteiger partial charge < -0.3 is 14.2 Å². The number of hydrogen-bond donors (Lipinski definition) is 0. The number of unbranched alkanes of at least 4 members (excludes halogenated alkanes) is 2. The van der Waals surface area contributed by atoms with Crippen LogP contribution >= 0.6 is 0 Å². The third kappa shape index (κ3) is 7.06. The topological polar surface area (TPSA) is 44.8 Å². The van der Waals surface area contributed by atoms with E-state index in [1.807, 2.05) is 6.92 Å². The number of hydrogen-bond acceptors (Lipinski definition) is 4. The zero-order chi connectivity index (χ0) is 29.4. The SMILES string of the molecule is CCCCOc1ccc(-c2ccc(-c3ccc(C(=O)Oc4ccc(OCCCC)c(F)c4F)cc3)c(F)c2F)cc1. The minimum Gasteiger partial charge on any atom is -0.494 e. The van der Waals surface area contributed by atoms with Gasteiger partial charge in [-0.1, -0.05) is 63.1 Å². The van der Waals surface area contributed by atoms with Gasteiger partial charge in [-0.2, -0.15) is 8.78 Å². The highest BCUT2D eigenvalue weighted by Gasteiger charge is 2.20. The lowest BCUT2D eigenvalue weighted by atomic mass is 9.98. The summed E-state index contributed by atoms with van der Waals surface area (Å²) in [6.45, 7) is 4.81. The smallest absolute Gasteiger partial charge is 0.343 e. The van der Waals surface area contributed by atoms with Crippen LogP contribution < -0.4 is 14.2 Å². The van der Waals surface area contributed by atoms with Crippen LogP contribution in [0.15, 0.2) is 72.8 Å². The van der Waals surface area contributed by atoms with Crippen LogP contribution in [0.4, 0.5) is 17.6 Å². The standard InChI is InChI=1S/C33H30F4O4/c1-3-5-19-39-24-13-11-22(12-14-24)26-16-15-25(29(34)30(26)35)21-7-9-23(10-8-21)33(38)41-28-18-17-27(31(36)32(28)37)40-20-6-4-2/h7-18H,3-6,19-20H2,1-2H3. The van der Waals surface area contributed by atoms with Crippen LogP contribution in [0.25, 0.3) is 22.3 Å². The highest BCUT2D eigenvalue weighted by Crippen LogP contribution is 2.33. The molecule has 0 N–H and O–H groups in total. The number of halogens is 4. The van der Waals surface area contributed by atoms with Gasteiger partial charge in [-0.25, -0.2) is 13.6 Å². The van der Waals surface area contributed by atoms with E-state index in [4.69, 9.17) is 14.2 Å². The Hall–Kier alpha value is -4.33. The van der Waals surface area contributed by atoms with Crippen molar-refractivity contribution in [1.82, 2.24) is 0 Å².